The predicted molar refractivity (Wildman–Crippen MR) is 87.6 cm³/mol. The number of hydrogen-bond acceptors (Lipinski definition) is 4. The minimum absolute atomic E-state index is 0.141. The molecule has 0 aliphatic carbocycles. The molecule has 0 bridgehead atoms. The van der Waals surface area contributed by atoms with Gasteiger partial charge in [0.15, 0.2) is 5.75 Å². The Bertz CT molecular complexity index is 806. The third-order valence-corrected chi connectivity index (χ3v) is 3.43. The molecule has 130 valence electrons. The van der Waals surface area contributed by atoms with Gasteiger partial charge in [0.05, 0.1) is 22.4 Å². The predicted octanol–water partition coefficient (Wildman–Crippen LogP) is 4.94. The molecule has 0 amide bonds. The van der Waals surface area contributed by atoms with Crippen LogP contribution in [0.25, 0.3) is 0 Å². The van der Waals surface area contributed by atoms with Gasteiger partial charge in [-0.3, -0.25) is 0 Å². The number of aromatic nitrogens is 3. The fraction of sp³-hybridized carbons (Fsp3) is 0.308. The van der Waals surface area contributed by atoms with Gasteiger partial charge in [-0.15, -0.1) is 5.10 Å². The summed E-state index contributed by atoms with van der Waals surface area (Å²) in [5.74, 6) is -0.970. The Balaban J connectivity index is 2.38. The average molecular weight is 399 g/mol. The van der Waals surface area contributed by atoms with Crippen molar-refractivity contribution in [2.24, 2.45) is 5.10 Å². The van der Waals surface area contributed by atoms with Gasteiger partial charge in [0.2, 0.25) is 4.77 Å². The van der Waals surface area contributed by atoms with Crippen LogP contribution in [0.3, 0.4) is 0 Å². The Morgan fingerprint density at radius 2 is 1.92 bits per heavy atom. The summed E-state index contributed by atoms with van der Waals surface area (Å²) in [7, 11) is 0. The summed E-state index contributed by atoms with van der Waals surface area (Å²) in [6.07, 6.45) is -3.70. The van der Waals surface area contributed by atoms with E-state index in [0.717, 1.165) is 6.21 Å². The summed E-state index contributed by atoms with van der Waals surface area (Å²) in [5.41, 5.74) is 0.373. The summed E-state index contributed by atoms with van der Waals surface area (Å²) in [6.45, 7) is 3.61. The van der Waals surface area contributed by atoms with E-state index in [-0.39, 0.29) is 20.9 Å². The maximum Gasteiger partial charge on any atom is 0.453 e. The monoisotopic (exact) mass is 398 g/mol. The SMILES string of the molecule is CC(C)Oc1c(Cl)cc(/C=N\n2c(C(F)(F)F)n[nH]c2=S)cc1Cl. The molecule has 11 heteroatoms. The van der Waals surface area contributed by atoms with Crippen molar-refractivity contribution in [1.29, 1.82) is 0 Å². The lowest BCUT2D eigenvalue weighted by molar-refractivity contribution is -0.147. The normalized spacial score (nSPS) is 12.3. The lowest BCUT2D eigenvalue weighted by atomic mass is 10.2. The first-order valence-corrected chi connectivity index (χ1v) is 7.70. The summed E-state index contributed by atoms with van der Waals surface area (Å²) in [5, 5.41) is 9.28. The van der Waals surface area contributed by atoms with Gasteiger partial charge in [-0.25, -0.2) is 5.10 Å². The number of rotatable bonds is 4. The molecule has 0 saturated carbocycles. The summed E-state index contributed by atoms with van der Waals surface area (Å²) >= 11 is 16.9. The van der Waals surface area contributed by atoms with E-state index in [9.17, 15) is 13.2 Å². The Hall–Kier alpha value is -1.58. The van der Waals surface area contributed by atoms with Crippen LogP contribution in [0.15, 0.2) is 17.2 Å². The van der Waals surface area contributed by atoms with Crippen LogP contribution in [-0.2, 0) is 6.18 Å². The van der Waals surface area contributed by atoms with Gasteiger partial charge in [-0.05, 0) is 43.8 Å². The van der Waals surface area contributed by atoms with Gasteiger partial charge in [0.25, 0.3) is 5.82 Å². The molecule has 5 nitrogen and oxygen atoms in total. The molecule has 0 aliphatic heterocycles. The van der Waals surface area contributed by atoms with Crippen molar-refractivity contribution in [2.45, 2.75) is 26.1 Å². The van der Waals surface area contributed by atoms with Crippen molar-refractivity contribution >= 4 is 41.6 Å². The smallest absolute Gasteiger partial charge is 0.453 e. The van der Waals surface area contributed by atoms with Gasteiger partial charge >= 0.3 is 6.18 Å². The summed E-state index contributed by atoms with van der Waals surface area (Å²) < 4.78 is 44.1. The largest absolute Gasteiger partial charge is 0.488 e. The van der Waals surface area contributed by atoms with Crippen LogP contribution < -0.4 is 4.74 Å². The third kappa shape index (κ3) is 4.28. The molecule has 1 heterocycles. The standard InChI is InChI=1S/C13H11Cl2F3N4OS/c1-6(2)23-10-8(14)3-7(4-9(10)15)5-19-22-11(13(16,17)18)20-21-12(22)24/h3-6H,1-2H3,(H,21,24)/b19-5-. The number of alkyl halides is 3. The fourth-order valence-corrected chi connectivity index (χ4v) is 2.48. The molecule has 1 N–H and O–H groups in total. The lowest BCUT2D eigenvalue weighted by Crippen LogP contribution is -2.12. The maximum atomic E-state index is 12.8. The highest BCUT2D eigenvalue weighted by Gasteiger charge is 2.37. The van der Waals surface area contributed by atoms with Gasteiger partial charge in [0, 0.05) is 0 Å². The van der Waals surface area contributed by atoms with Crippen LogP contribution in [0.2, 0.25) is 10.0 Å². The van der Waals surface area contributed by atoms with Crippen molar-refractivity contribution in [1.82, 2.24) is 14.9 Å². The minimum atomic E-state index is -4.70. The van der Waals surface area contributed by atoms with Gasteiger partial charge in [-0.1, -0.05) is 23.2 Å². The highest BCUT2D eigenvalue weighted by molar-refractivity contribution is 7.71. The molecule has 0 radical (unpaired) electrons. The van der Waals surface area contributed by atoms with Crippen LogP contribution in [0.5, 0.6) is 5.75 Å². The Morgan fingerprint density at radius 1 is 1.33 bits per heavy atom. The highest BCUT2D eigenvalue weighted by Crippen LogP contribution is 2.34. The van der Waals surface area contributed by atoms with E-state index in [1.807, 2.05) is 0 Å². The molecule has 1 aromatic heterocycles. The molecule has 2 rings (SSSR count). The van der Waals surface area contributed by atoms with E-state index in [1.54, 1.807) is 13.8 Å². The Kier molecular flexibility index (Phi) is 5.56. The van der Waals surface area contributed by atoms with Crippen molar-refractivity contribution in [3.8, 4) is 5.75 Å². The quantitative estimate of drug-likeness (QED) is 0.586. The van der Waals surface area contributed by atoms with Crippen LogP contribution >= 0.6 is 35.4 Å². The molecule has 0 atom stereocenters. The number of nitrogens with zero attached hydrogens (tertiary/aromatic N) is 3. The van der Waals surface area contributed by atoms with Crippen molar-refractivity contribution in [2.75, 3.05) is 0 Å². The Morgan fingerprint density at radius 3 is 2.42 bits per heavy atom. The van der Waals surface area contributed by atoms with Gasteiger partial charge in [0.1, 0.15) is 0 Å². The van der Waals surface area contributed by atoms with Crippen molar-refractivity contribution in [3.05, 3.63) is 38.3 Å². The van der Waals surface area contributed by atoms with Gasteiger partial charge < -0.3 is 4.74 Å². The molecule has 0 spiro atoms. The van der Waals surface area contributed by atoms with E-state index >= 15 is 0 Å². The van der Waals surface area contributed by atoms with E-state index in [2.05, 4.69) is 15.3 Å². The number of benzene rings is 1. The molecule has 0 fully saturated rings. The minimum Gasteiger partial charge on any atom is -0.488 e. The zero-order valence-electron chi connectivity index (χ0n) is 12.4. The number of halogens is 5. The van der Waals surface area contributed by atoms with E-state index < -0.39 is 12.0 Å². The van der Waals surface area contributed by atoms with Crippen LogP contribution in [0.1, 0.15) is 25.2 Å². The van der Waals surface area contributed by atoms with E-state index in [4.69, 9.17) is 40.2 Å². The highest BCUT2D eigenvalue weighted by atomic mass is 35.5. The van der Waals surface area contributed by atoms with Crippen LogP contribution in [0, 0.1) is 4.77 Å². The first-order valence-electron chi connectivity index (χ1n) is 6.54. The lowest BCUT2D eigenvalue weighted by Gasteiger charge is -2.13. The summed E-state index contributed by atoms with van der Waals surface area (Å²) in [6, 6.07) is 2.93. The molecule has 24 heavy (non-hydrogen) atoms. The zero-order valence-corrected chi connectivity index (χ0v) is 14.7. The number of aromatic amines is 1. The van der Waals surface area contributed by atoms with Crippen LogP contribution in [0.4, 0.5) is 13.2 Å². The number of nitrogens with one attached hydrogen (secondary N) is 1. The maximum absolute atomic E-state index is 12.8. The summed E-state index contributed by atoms with van der Waals surface area (Å²) in [4.78, 5) is 0. The van der Waals surface area contributed by atoms with Gasteiger partial charge in [-0.2, -0.15) is 22.9 Å². The van der Waals surface area contributed by atoms with Crippen molar-refractivity contribution in [3.63, 3.8) is 0 Å². The molecular formula is C13H11Cl2F3N4OS. The first kappa shape index (κ1) is 18.8. The topological polar surface area (TPSA) is 55.2 Å². The molecular weight excluding hydrogens is 388 g/mol. The average Bonchev–Trinajstić information content (AvgIpc) is 2.81. The molecule has 2 aromatic rings. The van der Waals surface area contributed by atoms with Crippen molar-refractivity contribution < 1.29 is 17.9 Å². The third-order valence-electron chi connectivity index (χ3n) is 2.60. The molecule has 1 aromatic carbocycles. The Labute approximate surface area is 150 Å². The fourth-order valence-electron chi connectivity index (χ4n) is 1.71. The number of H-pyrrole nitrogens is 1. The second-order valence-electron chi connectivity index (χ2n) is 4.89. The molecule has 0 saturated heterocycles. The first-order chi connectivity index (χ1) is 11.1. The number of ether oxygens (including phenoxy) is 1. The molecule has 0 unspecified atom stereocenters. The van der Waals surface area contributed by atoms with Crippen LogP contribution in [-0.4, -0.2) is 27.2 Å². The second kappa shape index (κ2) is 7.12. The van der Waals surface area contributed by atoms with E-state index in [1.165, 1.54) is 12.1 Å². The van der Waals surface area contributed by atoms with E-state index in [0.29, 0.717) is 16.0 Å². The second-order valence-corrected chi connectivity index (χ2v) is 6.09. The molecule has 0 aliphatic rings. The zero-order chi connectivity index (χ0) is 18.1. The number of hydrogen-bond donors (Lipinski definition) is 1.